The zero-order valence-electron chi connectivity index (χ0n) is 22.1. The number of carbonyl (C=O) groups excluding carboxylic acids is 2. The lowest BCUT2D eigenvalue weighted by atomic mass is 9.99. The fraction of sp³-hybridized carbons (Fsp3) is 0.273. The Hall–Kier alpha value is -3.99. The van der Waals surface area contributed by atoms with Crippen molar-refractivity contribution < 1.29 is 14.0 Å². The maximum Gasteiger partial charge on any atom is 0.243 e. The Balaban J connectivity index is 1.63. The summed E-state index contributed by atoms with van der Waals surface area (Å²) in [5.74, 6) is -0.340. The van der Waals surface area contributed by atoms with Crippen molar-refractivity contribution in [1.82, 2.24) is 10.2 Å². The molecule has 0 aliphatic rings. The quantitative estimate of drug-likeness (QED) is 0.257. The van der Waals surface area contributed by atoms with Crippen molar-refractivity contribution >= 4 is 22.6 Å². The summed E-state index contributed by atoms with van der Waals surface area (Å²) in [6, 6.07) is 29.5. The van der Waals surface area contributed by atoms with E-state index in [1.165, 1.54) is 12.1 Å². The van der Waals surface area contributed by atoms with Gasteiger partial charge in [-0.2, -0.15) is 0 Å². The maximum absolute atomic E-state index is 13.9. The molecule has 0 fully saturated rings. The van der Waals surface area contributed by atoms with Crippen LogP contribution < -0.4 is 5.32 Å². The van der Waals surface area contributed by atoms with Gasteiger partial charge in [0.15, 0.2) is 0 Å². The van der Waals surface area contributed by atoms with Crippen LogP contribution in [0.5, 0.6) is 0 Å². The standard InChI is InChI=1S/C33H35FN2O2/c1-24(2)22-35-33(38)31(21-25-9-4-3-5-10-25)36(23-26-15-18-29(34)19-16-26)32(37)20-17-28-13-8-12-27-11-6-7-14-30(27)28/h3-16,18-19,24,31H,17,20-23H2,1-2H3,(H,35,38). The highest BCUT2D eigenvalue weighted by Crippen LogP contribution is 2.22. The third-order valence-corrected chi connectivity index (χ3v) is 6.71. The van der Waals surface area contributed by atoms with Crippen LogP contribution >= 0.6 is 0 Å². The van der Waals surface area contributed by atoms with Gasteiger partial charge in [0, 0.05) is 25.9 Å². The van der Waals surface area contributed by atoms with Crippen LogP contribution in [0.4, 0.5) is 4.39 Å². The van der Waals surface area contributed by atoms with E-state index in [0.29, 0.717) is 19.4 Å². The molecule has 4 aromatic carbocycles. The van der Waals surface area contributed by atoms with Crippen LogP contribution in [-0.4, -0.2) is 29.3 Å². The molecular formula is C33H35FN2O2. The monoisotopic (exact) mass is 510 g/mol. The van der Waals surface area contributed by atoms with Gasteiger partial charge in [-0.25, -0.2) is 4.39 Å². The van der Waals surface area contributed by atoms with Crippen LogP contribution in [0, 0.1) is 11.7 Å². The minimum Gasteiger partial charge on any atom is -0.354 e. The van der Waals surface area contributed by atoms with Gasteiger partial charge in [0.2, 0.25) is 11.8 Å². The lowest BCUT2D eigenvalue weighted by Gasteiger charge is -2.32. The SMILES string of the molecule is CC(C)CNC(=O)C(Cc1ccccc1)N(Cc1ccc(F)cc1)C(=O)CCc1cccc2ccccc12. The molecule has 0 saturated carbocycles. The number of aryl methyl sites for hydroxylation is 1. The minimum absolute atomic E-state index is 0.108. The number of fused-ring (bicyclic) bond motifs is 1. The lowest BCUT2D eigenvalue weighted by Crippen LogP contribution is -2.51. The second-order valence-corrected chi connectivity index (χ2v) is 10.1. The van der Waals surface area contributed by atoms with E-state index in [0.717, 1.165) is 27.5 Å². The summed E-state index contributed by atoms with van der Waals surface area (Å²) in [6.07, 6.45) is 1.22. The van der Waals surface area contributed by atoms with Gasteiger partial charge in [-0.1, -0.05) is 98.8 Å². The number of benzene rings is 4. The number of nitrogens with zero attached hydrogens (tertiary/aromatic N) is 1. The van der Waals surface area contributed by atoms with Crippen LogP contribution in [0.1, 0.15) is 37.0 Å². The smallest absolute Gasteiger partial charge is 0.243 e. The summed E-state index contributed by atoms with van der Waals surface area (Å²) in [4.78, 5) is 29.1. The molecule has 38 heavy (non-hydrogen) atoms. The molecule has 0 aromatic heterocycles. The second kappa shape index (κ2) is 13.0. The molecule has 1 N–H and O–H groups in total. The van der Waals surface area contributed by atoms with Crippen LogP contribution in [0.3, 0.4) is 0 Å². The molecule has 4 aromatic rings. The topological polar surface area (TPSA) is 49.4 Å². The molecule has 4 nitrogen and oxygen atoms in total. The van der Waals surface area contributed by atoms with Crippen molar-refractivity contribution in [3.8, 4) is 0 Å². The van der Waals surface area contributed by atoms with E-state index < -0.39 is 6.04 Å². The summed E-state index contributed by atoms with van der Waals surface area (Å²) < 4.78 is 13.6. The van der Waals surface area contributed by atoms with Gasteiger partial charge in [0.25, 0.3) is 0 Å². The van der Waals surface area contributed by atoms with Crippen molar-refractivity contribution in [2.75, 3.05) is 6.54 Å². The second-order valence-electron chi connectivity index (χ2n) is 10.1. The molecular weight excluding hydrogens is 475 g/mol. The van der Waals surface area contributed by atoms with E-state index in [1.807, 2.05) is 62.4 Å². The first-order valence-corrected chi connectivity index (χ1v) is 13.2. The molecule has 0 spiro atoms. The fourth-order valence-electron chi connectivity index (χ4n) is 4.66. The van der Waals surface area contributed by atoms with E-state index in [9.17, 15) is 14.0 Å². The van der Waals surface area contributed by atoms with Crippen LogP contribution in [0.15, 0.2) is 97.1 Å². The molecule has 2 amide bonds. The molecule has 5 heteroatoms. The Morgan fingerprint density at radius 1 is 0.816 bits per heavy atom. The number of nitrogens with one attached hydrogen (secondary N) is 1. The summed E-state index contributed by atoms with van der Waals surface area (Å²) in [5, 5.41) is 5.30. The Bertz CT molecular complexity index is 1350. The molecule has 4 rings (SSSR count). The van der Waals surface area contributed by atoms with Gasteiger partial charge in [0.1, 0.15) is 11.9 Å². The van der Waals surface area contributed by atoms with Crippen molar-refractivity contribution in [3.63, 3.8) is 0 Å². The van der Waals surface area contributed by atoms with Crippen LogP contribution in [0.2, 0.25) is 0 Å². The lowest BCUT2D eigenvalue weighted by molar-refractivity contribution is -0.141. The van der Waals surface area contributed by atoms with Crippen LogP contribution in [0.25, 0.3) is 10.8 Å². The first-order chi connectivity index (χ1) is 18.4. The number of rotatable bonds is 11. The number of carbonyl (C=O) groups is 2. The summed E-state index contributed by atoms with van der Waals surface area (Å²) >= 11 is 0. The van der Waals surface area contributed by atoms with Gasteiger partial charge in [0.05, 0.1) is 0 Å². The zero-order valence-corrected chi connectivity index (χ0v) is 22.1. The predicted molar refractivity (Wildman–Crippen MR) is 151 cm³/mol. The van der Waals surface area contributed by atoms with E-state index in [1.54, 1.807) is 17.0 Å². The Labute approximate surface area is 224 Å². The summed E-state index contributed by atoms with van der Waals surface area (Å²) in [5.41, 5.74) is 2.85. The molecule has 0 saturated heterocycles. The van der Waals surface area contributed by atoms with Crippen LogP contribution in [-0.2, 0) is 29.0 Å². The number of hydrogen-bond acceptors (Lipinski definition) is 2. The highest BCUT2D eigenvalue weighted by Gasteiger charge is 2.30. The molecule has 0 aliphatic heterocycles. The number of hydrogen-bond donors (Lipinski definition) is 1. The van der Waals surface area contributed by atoms with Gasteiger partial charge >= 0.3 is 0 Å². The third kappa shape index (κ3) is 7.28. The van der Waals surface area contributed by atoms with Crippen molar-refractivity contribution in [3.05, 3.63) is 120 Å². The Kier molecular flexibility index (Phi) is 9.26. The zero-order chi connectivity index (χ0) is 26.9. The highest BCUT2D eigenvalue weighted by molar-refractivity contribution is 5.89. The third-order valence-electron chi connectivity index (χ3n) is 6.71. The summed E-state index contributed by atoms with van der Waals surface area (Å²) in [6.45, 7) is 4.83. The Morgan fingerprint density at radius 3 is 2.24 bits per heavy atom. The highest BCUT2D eigenvalue weighted by atomic mass is 19.1. The van der Waals surface area contributed by atoms with Crippen molar-refractivity contribution in [2.24, 2.45) is 5.92 Å². The van der Waals surface area contributed by atoms with Gasteiger partial charge in [-0.05, 0) is 51.9 Å². The van der Waals surface area contributed by atoms with E-state index >= 15 is 0 Å². The molecule has 0 heterocycles. The van der Waals surface area contributed by atoms with Gasteiger partial charge in [-0.15, -0.1) is 0 Å². The average Bonchev–Trinajstić information content (AvgIpc) is 2.93. The average molecular weight is 511 g/mol. The van der Waals surface area contributed by atoms with Crippen molar-refractivity contribution in [2.45, 2.75) is 45.7 Å². The molecule has 196 valence electrons. The molecule has 1 unspecified atom stereocenters. The number of halogens is 1. The van der Waals surface area contributed by atoms with E-state index in [4.69, 9.17) is 0 Å². The number of amides is 2. The van der Waals surface area contributed by atoms with Gasteiger partial charge in [-0.3, -0.25) is 9.59 Å². The molecule has 0 aliphatic carbocycles. The molecule has 0 radical (unpaired) electrons. The fourth-order valence-corrected chi connectivity index (χ4v) is 4.66. The maximum atomic E-state index is 13.9. The first kappa shape index (κ1) is 27.1. The summed E-state index contributed by atoms with van der Waals surface area (Å²) in [7, 11) is 0. The van der Waals surface area contributed by atoms with Crippen molar-refractivity contribution in [1.29, 1.82) is 0 Å². The van der Waals surface area contributed by atoms with E-state index in [2.05, 4.69) is 29.6 Å². The first-order valence-electron chi connectivity index (χ1n) is 13.2. The van der Waals surface area contributed by atoms with E-state index in [-0.39, 0.29) is 36.5 Å². The predicted octanol–water partition coefficient (Wildman–Crippen LogP) is 6.32. The normalized spacial score (nSPS) is 11.9. The Morgan fingerprint density at radius 2 is 1.50 bits per heavy atom. The minimum atomic E-state index is -0.693. The van der Waals surface area contributed by atoms with Gasteiger partial charge < -0.3 is 10.2 Å². The molecule has 0 bridgehead atoms. The largest absolute Gasteiger partial charge is 0.354 e. The molecule has 1 atom stereocenters.